The SMILES string of the molecule is CCCCCCCCCCC/C=C/C(O)C(COP(=O)([O-])OCC[N+](C)(C)C)NC(=O)CCCCCCCCCCCCCCCCCCCCCCCCCCCCCCCC. The van der Waals surface area contributed by atoms with Gasteiger partial charge in [-0.15, -0.1) is 0 Å². The van der Waals surface area contributed by atoms with Crippen molar-refractivity contribution in [3.8, 4) is 0 Å². The number of nitrogens with zero attached hydrogens (tertiary/aromatic N) is 1. The van der Waals surface area contributed by atoms with Crippen LogP contribution in [0.2, 0.25) is 0 Å². The molecule has 0 aliphatic carbocycles. The minimum Gasteiger partial charge on any atom is -0.756 e. The monoisotopic (exact) mass is 913 g/mol. The zero-order valence-electron chi connectivity index (χ0n) is 42.8. The van der Waals surface area contributed by atoms with Crippen molar-refractivity contribution in [3.63, 3.8) is 0 Å². The van der Waals surface area contributed by atoms with E-state index in [4.69, 9.17) is 9.05 Å². The van der Waals surface area contributed by atoms with Crippen LogP contribution < -0.4 is 10.2 Å². The third kappa shape index (κ3) is 49.0. The first-order valence-corrected chi connectivity index (χ1v) is 29.0. The molecule has 0 aromatic carbocycles. The van der Waals surface area contributed by atoms with Crippen molar-refractivity contribution in [1.29, 1.82) is 0 Å². The topological polar surface area (TPSA) is 108 Å². The Morgan fingerprint density at radius 2 is 0.857 bits per heavy atom. The molecule has 376 valence electrons. The molecular weight excluding hydrogens is 804 g/mol. The van der Waals surface area contributed by atoms with Crippen molar-refractivity contribution >= 4 is 13.7 Å². The largest absolute Gasteiger partial charge is 0.756 e. The molecule has 0 spiro atoms. The molecule has 0 aromatic heterocycles. The molecule has 3 unspecified atom stereocenters. The van der Waals surface area contributed by atoms with Crippen LogP contribution in [-0.4, -0.2) is 68.5 Å². The van der Waals surface area contributed by atoms with Crippen LogP contribution >= 0.6 is 7.82 Å². The minimum absolute atomic E-state index is 0.00217. The van der Waals surface area contributed by atoms with E-state index in [2.05, 4.69) is 19.2 Å². The Hall–Kier alpha value is -0.760. The van der Waals surface area contributed by atoms with Crippen molar-refractivity contribution in [2.75, 3.05) is 40.9 Å². The lowest BCUT2D eigenvalue weighted by atomic mass is 10.0. The van der Waals surface area contributed by atoms with Gasteiger partial charge >= 0.3 is 0 Å². The Bertz CT molecular complexity index is 1040. The summed E-state index contributed by atoms with van der Waals surface area (Å²) in [6.07, 6.45) is 55.9. The number of allylic oxidation sites excluding steroid dienone is 1. The molecule has 63 heavy (non-hydrogen) atoms. The van der Waals surface area contributed by atoms with Gasteiger partial charge in [0.2, 0.25) is 5.91 Å². The second-order valence-corrected chi connectivity index (χ2v) is 21.7. The average molecular weight is 913 g/mol. The molecular formula is C54H109N2O6P. The first kappa shape index (κ1) is 62.2. The molecule has 9 heteroatoms. The number of carbonyl (C=O) groups is 1. The molecule has 0 saturated heterocycles. The number of phosphoric acid groups is 1. The molecule has 0 saturated carbocycles. The summed E-state index contributed by atoms with van der Waals surface area (Å²) >= 11 is 0. The summed E-state index contributed by atoms with van der Waals surface area (Å²) in [5.41, 5.74) is 0. The van der Waals surface area contributed by atoms with E-state index in [0.717, 1.165) is 38.5 Å². The number of aliphatic hydroxyl groups is 1. The van der Waals surface area contributed by atoms with Crippen LogP contribution in [-0.2, 0) is 18.4 Å². The Labute approximate surface area is 392 Å². The maximum atomic E-state index is 12.9. The summed E-state index contributed by atoms with van der Waals surface area (Å²) in [5.74, 6) is -0.193. The number of rotatable bonds is 51. The predicted octanol–water partition coefficient (Wildman–Crippen LogP) is 15.6. The summed E-state index contributed by atoms with van der Waals surface area (Å²) in [6, 6.07) is -0.880. The fraction of sp³-hybridized carbons (Fsp3) is 0.944. The van der Waals surface area contributed by atoms with Crippen LogP contribution in [0.5, 0.6) is 0 Å². The maximum Gasteiger partial charge on any atom is 0.268 e. The first-order valence-electron chi connectivity index (χ1n) is 27.6. The van der Waals surface area contributed by atoms with Gasteiger partial charge in [0.15, 0.2) is 0 Å². The minimum atomic E-state index is -4.58. The predicted molar refractivity (Wildman–Crippen MR) is 270 cm³/mol. The molecule has 1 amide bonds. The number of amides is 1. The molecule has 0 heterocycles. The van der Waals surface area contributed by atoms with Gasteiger partial charge in [-0.25, -0.2) is 0 Å². The van der Waals surface area contributed by atoms with Crippen LogP contribution in [0.25, 0.3) is 0 Å². The molecule has 0 aliphatic heterocycles. The third-order valence-corrected chi connectivity index (χ3v) is 13.7. The Morgan fingerprint density at radius 1 is 0.540 bits per heavy atom. The van der Waals surface area contributed by atoms with Crippen LogP contribution in [0, 0.1) is 0 Å². The second kappa shape index (κ2) is 46.4. The maximum absolute atomic E-state index is 12.9. The van der Waals surface area contributed by atoms with E-state index in [1.165, 1.54) is 218 Å². The third-order valence-electron chi connectivity index (χ3n) is 12.7. The average Bonchev–Trinajstić information content (AvgIpc) is 3.24. The van der Waals surface area contributed by atoms with Gasteiger partial charge in [0, 0.05) is 6.42 Å². The molecule has 0 aliphatic rings. The van der Waals surface area contributed by atoms with Crippen LogP contribution in [0.3, 0.4) is 0 Å². The molecule has 3 atom stereocenters. The number of aliphatic hydroxyl groups excluding tert-OH is 1. The smallest absolute Gasteiger partial charge is 0.268 e. The van der Waals surface area contributed by atoms with Gasteiger partial charge in [0.05, 0.1) is 39.9 Å². The van der Waals surface area contributed by atoms with E-state index in [1.807, 2.05) is 27.2 Å². The number of quaternary nitrogens is 1. The zero-order valence-corrected chi connectivity index (χ0v) is 43.7. The molecule has 2 N–H and O–H groups in total. The highest BCUT2D eigenvalue weighted by Crippen LogP contribution is 2.38. The lowest BCUT2D eigenvalue weighted by Crippen LogP contribution is -2.45. The van der Waals surface area contributed by atoms with E-state index in [0.29, 0.717) is 17.4 Å². The van der Waals surface area contributed by atoms with Gasteiger partial charge in [-0.3, -0.25) is 9.36 Å². The summed E-state index contributed by atoms with van der Waals surface area (Å²) < 4.78 is 23.2. The summed E-state index contributed by atoms with van der Waals surface area (Å²) in [7, 11) is 1.27. The highest BCUT2D eigenvalue weighted by Gasteiger charge is 2.23. The summed E-state index contributed by atoms with van der Waals surface area (Å²) in [6.45, 7) is 4.67. The standard InChI is InChI=1S/C54H109N2O6P/c1-6-8-10-12-14-16-18-19-20-21-22-23-24-25-26-27-28-29-30-31-32-33-34-35-36-38-40-42-44-46-48-54(58)55-52(51-62-63(59,60)61-50-49-56(3,4)5)53(57)47-45-43-41-39-37-17-15-13-11-9-7-2/h45,47,52-53,57H,6-44,46,48-51H2,1-5H3,(H-,55,58,59,60)/b47-45+. The molecule has 8 nitrogen and oxygen atoms in total. The van der Waals surface area contributed by atoms with Gasteiger partial charge < -0.3 is 28.8 Å². The first-order chi connectivity index (χ1) is 30.5. The molecule has 0 rings (SSSR count). The molecule has 0 aromatic rings. The number of phosphoric ester groups is 1. The van der Waals surface area contributed by atoms with Crippen molar-refractivity contribution < 1.29 is 32.9 Å². The van der Waals surface area contributed by atoms with Crippen molar-refractivity contribution in [2.45, 2.75) is 289 Å². The van der Waals surface area contributed by atoms with Crippen LogP contribution in [0.1, 0.15) is 277 Å². The lowest BCUT2D eigenvalue weighted by molar-refractivity contribution is -0.870. The van der Waals surface area contributed by atoms with Crippen LogP contribution in [0.15, 0.2) is 12.2 Å². The number of carbonyl (C=O) groups excluding carboxylic acids is 1. The highest BCUT2D eigenvalue weighted by atomic mass is 31.2. The van der Waals surface area contributed by atoms with Crippen molar-refractivity contribution in [3.05, 3.63) is 12.2 Å². The number of unbranched alkanes of at least 4 members (excludes halogenated alkanes) is 38. The van der Waals surface area contributed by atoms with E-state index in [9.17, 15) is 19.4 Å². The Kier molecular flexibility index (Phi) is 45.8. The van der Waals surface area contributed by atoms with Gasteiger partial charge in [0.1, 0.15) is 13.2 Å². The number of hydrogen-bond donors (Lipinski definition) is 2. The molecule has 0 fully saturated rings. The van der Waals surface area contributed by atoms with Crippen molar-refractivity contribution in [2.24, 2.45) is 0 Å². The Morgan fingerprint density at radius 3 is 1.19 bits per heavy atom. The van der Waals surface area contributed by atoms with Crippen molar-refractivity contribution in [1.82, 2.24) is 5.32 Å². The van der Waals surface area contributed by atoms with Gasteiger partial charge in [-0.2, -0.15) is 0 Å². The Balaban J connectivity index is 3.98. The van der Waals surface area contributed by atoms with Crippen LogP contribution in [0.4, 0.5) is 0 Å². The lowest BCUT2D eigenvalue weighted by Gasteiger charge is -2.29. The summed E-state index contributed by atoms with van der Waals surface area (Å²) in [5, 5.41) is 13.8. The number of likely N-dealkylation sites (N-methyl/N-ethyl adjacent to an activating group) is 1. The second-order valence-electron chi connectivity index (χ2n) is 20.3. The highest BCUT2D eigenvalue weighted by molar-refractivity contribution is 7.45. The summed E-state index contributed by atoms with van der Waals surface area (Å²) in [4.78, 5) is 25.4. The zero-order chi connectivity index (χ0) is 46.4. The number of hydrogen-bond acceptors (Lipinski definition) is 6. The van der Waals surface area contributed by atoms with E-state index in [1.54, 1.807) is 6.08 Å². The number of nitrogens with one attached hydrogen (secondary N) is 1. The molecule has 0 radical (unpaired) electrons. The van der Waals surface area contributed by atoms with Gasteiger partial charge in [-0.1, -0.05) is 264 Å². The fourth-order valence-electron chi connectivity index (χ4n) is 8.39. The van der Waals surface area contributed by atoms with E-state index >= 15 is 0 Å². The van der Waals surface area contributed by atoms with E-state index in [-0.39, 0.29) is 19.1 Å². The quantitative estimate of drug-likeness (QED) is 0.0272. The van der Waals surface area contributed by atoms with Gasteiger partial charge in [0.25, 0.3) is 7.82 Å². The van der Waals surface area contributed by atoms with E-state index < -0.39 is 20.0 Å². The normalized spacial score (nSPS) is 14.1. The fourth-order valence-corrected chi connectivity index (χ4v) is 9.11. The van der Waals surface area contributed by atoms with Gasteiger partial charge in [-0.05, 0) is 19.3 Å². The molecule has 0 bridgehead atoms.